The highest BCUT2D eigenvalue weighted by Gasteiger charge is 2.52. The van der Waals surface area contributed by atoms with E-state index in [1.807, 2.05) is 0 Å². The number of carbonyl (C=O) groups excluding carboxylic acids is 3. The van der Waals surface area contributed by atoms with Crippen LogP contribution in [-0.4, -0.2) is 62.6 Å². The number of aliphatic hydroxyl groups is 1. The highest BCUT2D eigenvalue weighted by atomic mass is 16.6. The summed E-state index contributed by atoms with van der Waals surface area (Å²) in [5.41, 5.74) is 3.50. The topological polar surface area (TPSA) is 156 Å². The van der Waals surface area contributed by atoms with Gasteiger partial charge in [0.05, 0.1) is 17.4 Å². The number of carbonyl (C=O) groups is 3. The van der Waals surface area contributed by atoms with Gasteiger partial charge >= 0.3 is 11.9 Å². The number of nitrogens with zero attached hydrogens (tertiary/aromatic N) is 3. The van der Waals surface area contributed by atoms with Crippen LogP contribution in [0.5, 0.6) is 0 Å². The predicted octanol–water partition coefficient (Wildman–Crippen LogP) is 0.183. The molecule has 1 fully saturated rings. The summed E-state index contributed by atoms with van der Waals surface area (Å²) in [5.74, 6) is -2.23. The average molecular weight is 412 g/mol. The molecule has 1 aromatic heterocycles. The van der Waals surface area contributed by atoms with Crippen LogP contribution in [0.15, 0.2) is 6.33 Å². The Labute approximate surface area is 168 Å². The number of hydrogen-bond acceptors (Lipinski definition) is 9. The molecule has 1 amide bonds. The van der Waals surface area contributed by atoms with Crippen LogP contribution in [0.4, 0.5) is 0 Å². The Kier molecular flexibility index (Phi) is 6.33. The van der Waals surface area contributed by atoms with Gasteiger partial charge in [0.25, 0.3) is 5.91 Å². The smallest absolute Gasteiger partial charge is 0.311 e. The third kappa shape index (κ3) is 5.10. The van der Waals surface area contributed by atoms with Gasteiger partial charge < -0.3 is 25.1 Å². The summed E-state index contributed by atoms with van der Waals surface area (Å²) in [4.78, 5) is 40.1. The van der Waals surface area contributed by atoms with Gasteiger partial charge in [0.2, 0.25) is 5.82 Å². The quantitative estimate of drug-likeness (QED) is 0.644. The second-order valence-electron chi connectivity index (χ2n) is 8.90. The summed E-state index contributed by atoms with van der Waals surface area (Å²) in [6.45, 7) is 9.51. The lowest BCUT2D eigenvalue weighted by Gasteiger charge is -2.28. The average Bonchev–Trinajstić information content (AvgIpc) is 3.19. The Bertz CT molecular complexity index is 778. The van der Waals surface area contributed by atoms with Gasteiger partial charge in [-0.15, -0.1) is 5.10 Å². The number of nitrogens with two attached hydrogens (primary N) is 1. The molecule has 11 nitrogen and oxygen atoms in total. The first-order valence-corrected chi connectivity index (χ1v) is 9.15. The van der Waals surface area contributed by atoms with E-state index in [0.29, 0.717) is 0 Å². The van der Waals surface area contributed by atoms with Crippen molar-refractivity contribution in [2.24, 2.45) is 16.6 Å². The minimum Gasteiger partial charge on any atom is -0.455 e. The minimum absolute atomic E-state index is 0.259. The molecule has 1 aromatic rings. The fraction of sp³-hybridized carbons (Fsp3) is 0.722. The Morgan fingerprint density at radius 1 is 1.10 bits per heavy atom. The van der Waals surface area contributed by atoms with Crippen LogP contribution in [-0.2, 0) is 23.8 Å². The predicted molar refractivity (Wildman–Crippen MR) is 98.2 cm³/mol. The van der Waals surface area contributed by atoms with Gasteiger partial charge in [-0.1, -0.05) is 0 Å². The van der Waals surface area contributed by atoms with Gasteiger partial charge in [0.1, 0.15) is 12.4 Å². The van der Waals surface area contributed by atoms with Gasteiger partial charge in [-0.05, 0) is 41.5 Å². The summed E-state index contributed by atoms with van der Waals surface area (Å²) >= 11 is 0. The van der Waals surface area contributed by atoms with E-state index in [1.54, 1.807) is 41.5 Å². The van der Waals surface area contributed by atoms with Crippen molar-refractivity contribution in [3.8, 4) is 0 Å². The summed E-state index contributed by atoms with van der Waals surface area (Å²) in [5, 5.41) is 13.7. The molecule has 0 radical (unpaired) electrons. The molecule has 4 atom stereocenters. The van der Waals surface area contributed by atoms with E-state index in [1.165, 1.54) is 6.33 Å². The second-order valence-corrected chi connectivity index (χ2v) is 8.90. The molecule has 0 saturated carbocycles. The molecule has 0 aliphatic carbocycles. The first-order valence-electron chi connectivity index (χ1n) is 9.15. The molecule has 3 N–H and O–H groups in total. The first-order chi connectivity index (χ1) is 13.3. The lowest BCUT2D eigenvalue weighted by molar-refractivity contribution is -0.178. The van der Waals surface area contributed by atoms with E-state index in [0.717, 1.165) is 4.68 Å². The number of rotatable bonds is 5. The van der Waals surface area contributed by atoms with Crippen LogP contribution >= 0.6 is 0 Å². The lowest BCUT2D eigenvalue weighted by Crippen LogP contribution is -2.44. The number of primary amides is 1. The SMILES string of the molecule is CC(C)(C)C(=O)O[C@@H]1[C@H](OC(=O)C(C)(C)C)[C@@H](n2cnc(C(N)=O)n2)O[C@H]1CO. The third-order valence-corrected chi connectivity index (χ3v) is 4.17. The molecule has 1 aliphatic rings. The molecule has 0 spiro atoms. The van der Waals surface area contributed by atoms with Crippen molar-refractivity contribution < 1.29 is 33.7 Å². The number of ether oxygens (including phenoxy) is 3. The van der Waals surface area contributed by atoms with Crippen LogP contribution in [0, 0.1) is 10.8 Å². The van der Waals surface area contributed by atoms with Crippen LogP contribution in [0.2, 0.25) is 0 Å². The number of aromatic nitrogens is 3. The highest BCUT2D eigenvalue weighted by molar-refractivity contribution is 5.88. The Morgan fingerprint density at radius 2 is 1.62 bits per heavy atom. The largest absolute Gasteiger partial charge is 0.455 e. The van der Waals surface area contributed by atoms with Gasteiger partial charge in [-0.2, -0.15) is 0 Å². The standard InChI is InChI=1S/C18H28N4O7/c1-17(2,3)15(25)28-10-9(7-23)27-14(11(10)29-16(26)18(4,5)6)22-8-20-13(21-22)12(19)24/h8-11,14,23H,7H2,1-6H3,(H2,19,24)/t9-,10-,11-,14-/m0/s1. The Morgan fingerprint density at radius 3 is 2.03 bits per heavy atom. The highest BCUT2D eigenvalue weighted by Crippen LogP contribution is 2.36. The van der Waals surface area contributed by atoms with Crippen molar-refractivity contribution >= 4 is 17.8 Å². The van der Waals surface area contributed by atoms with E-state index < -0.39 is 59.8 Å². The molecule has 1 saturated heterocycles. The fourth-order valence-electron chi connectivity index (χ4n) is 2.45. The van der Waals surface area contributed by atoms with Gasteiger partial charge in [0.15, 0.2) is 18.4 Å². The van der Waals surface area contributed by atoms with Crippen molar-refractivity contribution in [1.82, 2.24) is 14.8 Å². The van der Waals surface area contributed by atoms with E-state index in [4.69, 9.17) is 19.9 Å². The molecule has 0 bridgehead atoms. The van der Waals surface area contributed by atoms with Gasteiger partial charge in [0, 0.05) is 0 Å². The van der Waals surface area contributed by atoms with Crippen LogP contribution < -0.4 is 5.73 Å². The van der Waals surface area contributed by atoms with E-state index >= 15 is 0 Å². The number of amides is 1. The van der Waals surface area contributed by atoms with Crippen LogP contribution in [0.3, 0.4) is 0 Å². The second kappa shape index (κ2) is 8.07. The monoisotopic (exact) mass is 412 g/mol. The van der Waals surface area contributed by atoms with Crippen molar-refractivity contribution in [2.75, 3.05) is 6.61 Å². The summed E-state index contributed by atoms with van der Waals surface area (Å²) in [7, 11) is 0. The van der Waals surface area contributed by atoms with Crippen molar-refractivity contribution in [3.05, 3.63) is 12.2 Å². The summed E-state index contributed by atoms with van der Waals surface area (Å²) in [6, 6.07) is 0. The van der Waals surface area contributed by atoms with Crippen molar-refractivity contribution in [1.29, 1.82) is 0 Å². The zero-order valence-corrected chi connectivity index (χ0v) is 17.4. The molecule has 162 valence electrons. The zero-order valence-electron chi connectivity index (χ0n) is 17.4. The van der Waals surface area contributed by atoms with Crippen molar-refractivity contribution in [2.45, 2.75) is 66.1 Å². The zero-order chi connectivity index (χ0) is 22.1. The first kappa shape index (κ1) is 22.8. The molecule has 2 rings (SSSR count). The van der Waals surface area contributed by atoms with Crippen LogP contribution in [0.1, 0.15) is 58.4 Å². The molecular formula is C18H28N4O7. The van der Waals surface area contributed by atoms with E-state index in [2.05, 4.69) is 10.1 Å². The van der Waals surface area contributed by atoms with Crippen molar-refractivity contribution in [3.63, 3.8) is 0 Å². The Hall–Kier alpha value is -2.53. The number of aliphatic hydroxyl groups excluding tert-OH is 1. The molecule has 0 unspecified atom stereocenters. The van der Waals surface area contributed by atoms with Gasteiger partial charge in [-0.3, -0.25) is 14.4 Å². The number of hydrogen-bond donors (Lipinski definition) is 2. The summed E-state index contributed by atoms with van der Waals surface area (Å²) in [6.07, 6.45) is -3.11. The molecule has 1 aliphatic heterocycles. The van der Waals surface area contributed by atoms with E-state index in [9.17, 15) is 19.5 Å². The lowest BCUT2D eigenvalue weighted by atomic mass is 9.96. The molecule has 2 heterocycles. The van der Waals surface area contributed by atoms with E-state index in [-0.39, 0.29) is 5.82 Å². The maximum absolute atomic E-state index is 12.5. The molecule has 11 heteroatoms. The normalized spacial score (nSPS) is 24.9. The molecule has 0 aromatic carbocycles. The third-order valence-electron chi connectivity index (χ3n) is 4.17. The van der Waals surface area contributed by atoms with Crippen LogP contribution in [0.25, 0.3) is 0 Å². The number of esters is 2. The maximum atomic E-state index is 12.5. The Balaban J connectivity index is 2.41. The molecular weight excluding hydrogens is 384 g/mol. The maximum Gasteiger partial charge on any atom is 0.311 e. The summed E-state index contributed by atoms with van der Waals surface area (Å²) < 4.78 is 18.1. The van der Waals surface area contributed by atoms with Gasteiger partial charge in [-0.25, -0.2) is 9.67 Å². The minimum atomic E-state index is -1.13. The molecule has 29 heavy (non-hydrogen) atoms. The fourth-order valence-corrected chi connectivity index (χ4v) is 2.45.